The number of anilines is 2. The van der Waals surface area contributed by atoms with Crippen molar-refractivity contribution in [2.24, 2.45) is 5.73 Å². The molecule has 4 N–H and O–H groups in total. The minimum absolute atomic E-state index is 0.102. The summed E-state index contributed by atoms with van der Waals surface area (Å²) >= 11 is 0. The largest absolute Gasteiger partial charge is 0.374 e. The predicted molar refractivity (Wildman–Crippen MR) is 115 cm³/mol. The van der Waals surface area contributed by atoms with E-state index in [0.717, 1.165) is 5.56 Å². The number of nitrogens with zero attached hydrogens (tertiary/aromatic N) is 4. The lowest BCUT2D eigenvalue weighted by atomic mass is 9.91. The van der Waals surface area contributed by atoms with Crippen molar-refractivity contribution in [1.82, 2.24) is 14.9 Å². The van der Waals surface area contributed by atoms with E-state index in [2.05, 4.69) is 21.2 Å². The number of aromatic nitrogens is 2. The van der Waals surface area contributed by atoms with Gasteiger partial charge in [-0.3, -0.25) is 9.59 Å². The zero-order chi connectivity index (χ0) is 22.2. The SMILES string of the molecule is C#Cc1ccc([C@@](O)(CN)C(=O)N2CCN(c3ncnc4c3C(C)C(=O)N4)CC2)cc1. The number of fused-ring (bicyclic) bond motifs is 1. The molecule has 2 amide bonds. The highest BCUT2D eigenvalue weighted by molar-refractivity contribution is 6.03. The van der Waals surface area contributed by atoms with Crippen LogP contribution in [0.4, 0.5) is 11.6 Å². The second kappa shape index (κ2) is 7.98. The number of rotatable bonds is 4. The zero-order valence-corrected chi connectivity index (χ0v) is 17.2. The lowest BCUT2D eigenvalue weighted by Gasteiger charge is -2.39. The Kier molecular flexibility index (Phi) is 5.35. The number of nitrogens with two attached hydrogens (primary N) is 1. The van der Waals surface area contributed by atoms with Crippen molar-refractivity contribution in [3.63, 3.8) is 0 Å². The molecule has 0 radical (unpaired) electrons. The standard InChI is InChI=1S/C22H24N6O3/c1-3-15-4-6-16(7-5-15)22(31,12-23)21(30)28-10-8-27(9-11-28)19-17-14(2)20(29)26-18(17)24-13-25-19/h1,4-7,13-14,31H,8-12,23H2,2H3,(H,24,25,26,29)/t14?,22-/m0/s1. The van der Waals surface area contributed by atoms with E-state index in [4.69, 9.17) is 12.2 Å². The molecule has 0 aliphatic carbocycles. The molecule has 0 saturated carbocycles. The van der Waals surface area contributed by atoms with Gasteiger partial charge >= 0.3 is 0 Å². The summed E-state index contributed by atoms with van der Waals surface area (Å²) < 4.78 is 0. The molecule has 1 aromatic carbocycles. The molecule has 2 aromatic rings. The van der Waals surface area contributed by atoms with Gasteiger partial charge in [0.05, 0.1) is 5.92 Å². The van der Waals surface area contributed by atoms with Gasteiger partial charge in [0.15, 0.2) is 5.60 Å². The summed E-state index contributed by atoms with van der Waals surface area (Å²) in [6.07, 6.45) is 6.81. The van der Waals surface area contributed by atoms with E-state index >= 15 is 0 Å². The molecule has 1 saturated heterocycles. The molecule has 0 bridgehead atoms. The summed E-state index contributed by atoms with van der Waals surface area (Å²) in [4.78, 5) is 37.4. The van der Waals surface area contributed by atoms with Crippen molar-refractivity contribution in [3.8, 4) is 12.3 Å². The average molecular weight is 420 g/mol. The van der Waals surface area contributed by atoms with Crippen LogP contribution in [-0.2, 0) is 15.2 Å². The fraction of sp³-hybridized carbons (Fsp3) is 0.364. The van der Waals surface area contributed by atoms with Crippen LogP contribution in [0.15, 0.2) is 30.6 Å². The van der Waals surface area contributed by atoms with Crippen LogP contribution in [0.5, 0.6) is 0 Å². The Labute approximate surface area is 180 Å². The maximum atomic E-state index is 13.2. The molecular weight excluding hydrogens is 396 g/mol. The molecule has 2 aliphatic heterocycles. The summed E-state index contributed by atoms with van der Waals surface area (Å²) in [6.45, 7) is 3.36. The number of aliphatic hydroxyl groups is 1. The normalized spacial score (nSPS) is 19.9. The van der Waals surface area contributed by atoms with Crippen molar-refractivity contribution in [2.75, 3.05) is 42.9 Å². The van der Waals surface area contributed by atoms with Crippen molar-refractivity contribution < 1.29 is 14.7 Å². The fourth-order valence-corrected chi connectivity index (χ4v) is 4.05. The molecule has 2 aliphatic rings. The Morgan fingerprint density at radius 2 is 1.97 bits per heavy atom. The summed E-state index contributed by atoms with van der Waals surface area (Å²) in [5, 5.41) is 13.9. The Morgan fingerprint density at radius 1 is 1.29 bits per heavy atom. The van der Waals surface area contributed by atoms with Gasteiger partial charge in [-0.25, -0.2) is 9.97 Å². The Bertz CT molecular complexity index is 1060. The van der Waals surface area contributed by atoms with E-state index in [1.165, 1.54) is 6.33 Å². The molecule has 9 nitrogen and oxygen atoms in total. The van der Waals surface area contributed by atoms with Gasteiger partial charge in [0.1, 0.15) is 18.0 Å². The number of benzene rings is 1. The summed E-state index contributed by atoms with van der Waals surface area (Å²) in [7, 11) is 0. The molecule has 3 heterocycles. The highest BCUT2D eigenvalue weighted by Crippen LogP contribution is 2.37. The monoisotopic (exact) mass is 420 g/mol. The van der Waals surface area contributed by atoms with Gasteiger partial charge in [-0.15, -0.1) is 6.42 Å². The number of carbonyl (C=O) groups is 2. The number of nitrogens with one attached hydrogen (secondary N) is 1. The maximum Gasteiger partial charge on any atom is 0.260 e. The number of hydrogen-bond donors (Lipinski definition) is 3. The van der Waals surface area contributed by atoms with Crippen LogP contribution in [0, 0.1) is 12.3 Å². The number of piperazine rings is 1. The summed E-state index contributed by atoms with van der Waals surface area (Å²) in [5.74, 6) is 2.86. The van der Waals surface area contributed by atoms with Crippen LogP contribution < -0.4 is 16.0 Å². The summed E-state index contributed by atoms with van der Waals surface area (Å²) in [5.41, 5.74) is 5.84. The van der Waals surface area contributed by atoms with Crippen molar-refractivity contribution in [3.05, 3.63) is 47.3 Å². The van der Waals surface area contributed by atoms with Gasteiger partial charge in [-0.2, -0.15) is 0 Å². The lowest BCUT2D eigenvalue weighted by molar-refractivity contribution is -0.151. The van der Waals surface area contributed by atoms with Crippen molar-refractivity contribution in [2.45, 2.75) is 18.4 Å². The van der Waals surface area contributed by atoms with E-state index in [0.29, 0.717) is 48.9 Å². The molecule has 2 atom stereocenters. The average Bonchev–Trinajstić information content (AvgIpc) is 3.11. The van der Waals surface area contributed by atoms with Crippen LogP contribution in [0.25, 0.3) is 0 Å². The van der Waals surface area contributed by atoms with E-state index in [-0.39, 0.29) is 18.4 Å². The first-order valence-corrected chi connectivity index (χ1v) is 10.1. The third-order valence-corrected chi connectivity index (χ3v) is 5.98. The molecule has 1 unspecified atom stereocenters. The number of carbonyl (C=O) groups excluding carboxylic acids is 2. The number of terminal acetylenes is 1. The minimum atomic E-state index is -1.82. The van der Waals surface area contributed by atoms with Gasteiger partial charge in [0.2, 0.25) is 5.91 Å². The Hall–Kier alpha value is -3.48. The molecule has 4 rings (SSSR count). The minimum Gasteiger partial charge on any atom is -0.374 e. The van der Waals surface area contributed by atoms with E-state index in [1.807, 2.05) is 11.8 Å². The number of amides is 2. The van der Waals surface area contributed by atoms with Crippen LogP contribution in [0.1, 0.15) is 29.5 Å². The third-order valence-electron chi connectivity index (χ3n) is 5.98. The molecule has 1 fully saturated rings. The third kappa shape index (κ3) is 3.50. The summed E-state index contributed by atoms with van der Waals surface area (Å²) in [6, 6.07) is 6.61. The van der Waals surface area contributed by atoms with Crippen molar-refractivity contribution in [1.29, 1.82) is 0 Å². The number of hydrogen-bond acceptors (Lipinski definition) is 7. The highest BCUT2D eigenvalue weighted by atomic mass is 16.3. The fourth-order valence-electron chi connectivity index (χ4n) is 4.05. The molecule has 9 heteroatoms. The second-order valence-corrected chi connectivity index (χ2v) is 7.74. The molecule has 160 valence electrons. The first-order chi connectivity index (χ1) is 14.9. The van der Waals surface area contributed by atoms with Crippen LogP contribution in [0.2, 0.25) is 0 Å². The van der Waals surface area contributed by atoms with Gasteiger partial charge < -0.3 is 26.0 Å². The lowest BCUT2D eigenvalue weighted by Crippen LogP contribution is -2.57. The van der Waals surface area contributed by atoms with Gasteiger partial charge in [0.25, 0.3) is 5.91 Å². The smallest absolute Gasteiger partial charge is 0.260 e. The first kappa shape index (κ1) is 20.8. The topological polar surface area (TPSA) is 125 Å². The molecule has 31 heavy (non-hydrogen) atoms. The van der Waals surface area contributed by atoms with Crippen LogP contribution in [0.3, 0.4) is 0 Å². The van der Waals surface area contributed by atoms with E-state index < -0.39 is 11.5 Å². The van der Waals surface area contributed by atoms with Crippen LogP contribution >= 0.6 is 0 Å². The second-order valence-electron chi connectivity index (χ2n) is 7.74. The van der Waals surface area contributed by atoms with E-state index in [1.54, 1.807) is 29.2 Å². The quantitative estimate of drug-likeness (QED) is 0.595. The Balaban J connectivity index is 1.50. The van der Waals surface area contributed by atoms with Crippen molar-refractivity contribution >= 4 is 23.5 Å². The zero-order valence-electron chi connectivity index (χ0n) is 17.2. The highest BCUT2D eigenvalue weighted by Gasteiger charge is 2.41. The van der Waals surface area contributed by atoms with E-state index in [9.17, 15) is 14.7 Å². The van der Waals surface area contributed by atoms with Gasteiger partial charge in [-0.1, -0.05) is 18.1 Å². The maximum absolute atomic E-state index is 13.2. The predicted octanol–water partition coefficient (Wildman–Crippen LogP) is 0.00860. The Morgan fingerprint density at radius 3 is 2.58 bits per heavy atom. The molecule has 1 aromatic heterocycles. The molecular formula is C22H24N6O3. The van der Waals surface area contributed by atoms with Gasteiger partial charge in [0, 0.05) is 43.9 Å². The van der Waals surface area contributed by atoms with Crippen LogP contribution in [-0.4, -0.2) is 64.5 Å². The molecule has 0 spiro atoms. The van der Waals surface area contributed by atoms with Gasteiger partial charge in [-0.05, 0) is 24.6 Å². The first-order valence-electron chi connectivity index (χ1n) is 10.1.